The van der Waals surface area contributed by atoms with Gasteiger partial charge >= 0.3 is 5.97 Å². The van der Waals surface area contributed by atoms with E-state index >= 15 is 0 Å². The summed E-state index contributed by atoms with van der Waals surface area (Å²) in [6.07, 6.45) is 2.92. The number of ether oxygens (including phenoxy) is 1. The van der Waals surface area contributed by atoms with Gasteiger partial charge in [0.25, 0.3) is 0 Å². The highest BCUT2D eigenvalue weighted by Crippen LogP contribution is 2.47. The lowest BCUT2D eigenvalue weighted by Gasteiger charge is -2.43. The van der Waals surface area contributed by atoms with E-state index in [1.54, 1.807) is 0 Å². The van der Waals surface area contributed by atoms with Crippen molar-refractivity contribution >= 4 is 16.8 Å². The molecule has 1 fully saturated rings. The first-order chi connectivity index (χ1) is 11.7. The van der Waals surface area contributed by atoms with Crippen LogP contribution in [0.1, 0.15) is 45.6 Å². The van der Waals surface area contributed by atoms with Gasteiger partial charge in [0.15, 0.2) is 0 Å². The smallest absolute Gasteiger partial charge is 0.322 e. The Kier molecular flexibility index (Phi) is 6.26. The predicted octanol–water partition coefficient (Wildman–Crippen LogP) is 4.66. The third-order valence-electron chi connectivity index (χ3n) is 5.38. The van der Waals surface area contributed by atoms with Crippen LogP contribution in [0.5, 0.6) is 0 Å². The Morgan fingerprint density at radius 3 is 2.44 bits per heavy atom. The van der Waals surface area contributed by atoms with E-state index in [2.05, 4.69) is 20.4 Å². The molecule has 0 heterocycles. The first-order valence-electron chi connectivity index (χ1n) is 8.87. The molecule has 1 aliphatic carbocycles. The van der Waals surface area contributed by atoms with E-state index < -0.39 is 16.0 Å². The number of aryl methyl sites for hydroxylation is 1. The molecular weight excluding hydrogens is 332 g/mol. The van der Waals surface area contributed by atoms with Gasteiger partial charge in [0.05, 0.1) is 17.9 Å². The molecule has 0 bridgehead atoms. The number of rotatable bonds is 5. The molecule has 4 heteroatoms. The maximum atomic E-state index is 13.3. The fourth-order valence-electron chi connectivity index (χ4n) is 3.93. The number of methoxy groups -OCH3 is 1. The molecule has 0 saturated heterocycles. The highest BCUT2D eigenvalue weighted by Gasteiger charge is 2.45. The fraction of sp³-hybridized carbons (Fsp3) is 0.571. The summed E-state index contributed by atoms with van der Waals surface area (Å²) in [6, 6.07) is 7.57. The normalized spacial score (nSPS) is 25.0. The van der Waals surface area contributed by atoms with E-state index in [1.165, 1.54) is 7.11 Å². The minimum absolute atomic E-state index is 0.0177. The predicted molar refractivity (Wildman–Crippen MR) is 103 cm³/mol. The van der Waals surface area contributed by atoms with Crippen LogP contribution < -0.4 is 0 Å². The van der Waals surface area contributed by atoms with Crippen molar-refractivity contribution in [3.05, 3.63) is 42.0 Å². The minimum Gasteiger partial charge on any atom is -0.468 e. The molecule has 0 spiro atoms. The molecule has 4 atom stereocenters. The van der Waals surface area contributed by atoms with Crippen molar-refractivity contribution in [1.82, 2.24) is 0 Å². The first-order valence-corrected chi connectivity index (χ1v) is 10.1. The van der Waals surface area contributed by atoms with Crippen molar-refractivity contribution < 1.29 is 13.7 Å². The third-order valence-corrected chi connectivity index (χ3v) is 7.12. The highest BCUT2D eigenvalue weighted by atomic mass is 32.2. The van der Waals surface area contributed by atoms with E-state index in [9.17, 15) is 9.00 Å². The zero-order valence-electron chi connectivity index (χ0n) is 16.0. The standard InChI is InChI=1S/C21H30O3S/c1-14(2)17-11-12-21(4,5)13-18(17)19(20(22)24-6)25(23)16-9-7-15(3)8-10-16/h7-10,17-19H,1,11-13H2,2-6H3/t17-,18+,19+,25-/m0/s1. The Morgan fingerprint density at radius 1 is 1.32 bits per heavy atom. The minimum atomic E-state index is -1.44. The van der Waals surface area contributed by atoms with Gasteiger partial charge in [0.2, 0.25) is 0 Å². The highest BCUT2D eigenvalue weighted by molar-refractivity contribution is 7.86. The summed E-state index contributed by atoms with van der Waals surface area (Å²) in [5.74, 6) is -0.199. The van der Waals surface area contributed by atoms with Gasteiger partial charge in [0.1, 0.15) is 5.25 Å². The van der Waals surface area contributed by atoms with Crippen molar-refractivity contribution in [3.63, 3.8) is 0 Å². The number of benzene rings is 1. The summed E-state index contributed by atoms with van der Waals surface area (Å²) in [4.78, 5) is 13.3. The van der Waals surface area contributed by atoms with E-state index in [0.29, 0.717) is 4.90 Å². The van der Waals surface area contributed by atoms with Crippen LogP contribution in [0.15, 0.2) is 41.3 Å². The van der Waals surface area contributed by atoms with Crippen molar-refractivity contribution in [3.8, 4) is 0 Å². The molecule has 0 unspecified atom stereocenters. The third kappa shape index (κ3) is 4.60. The molecule has 1 saturated carbocycles. The molecule has 25 heavy (non-hydrogen) atoms. The van der Waals surface area contributed by atoms with Crippen LogP contribution in [-0.4, -0.2) is 22.5 Å². The van der Waals surface area contributed by atoms with Crippen LogP contribution in [0.25, 0.3) is 0 Å². The van der Waals surface area contributed by atoms with Gasteiger partial charge in [-0.15, -0.1) is 0 Å². The van der Waals surface area contributed by atoms with Gasteiger partial charge in [0, 0.05) is 4.90 Å². The lowest BCUT2D eigenvalue weighted by atomic mass is 9.64. The Bertz CT molecular complexity index is 660. The van der Waals surface area contributed by atoms with Gasteiger partial charge in [-0.1, -0.05) is 43.7 Å². The van der Waals surface area contributed by atoms with Gasteiger partial charge in [-0.2, -0.15) is 0 Å². The van der Waals surface area contributed by atoms with E-state index in [4.69, 9.17) is 4.74 Å². The molecule has 1 aromatic rings. The van der Waals surface area contributed by atoms with E-state index in [-0.39, 0.29) is 23.2 Å². The summed E-state index contributed by atoms with van der Waals surface area (Å²) in [6.45, 7) is 12.6. The second-order valence-corrected chi connectivity index (χ2v) is 9.65. The molecule has 0 N–H and O–H groups in total. The summed E-state index contributed by atoms with van der Waals surface area (Å²) < 4.78 is 18.4. The maximum Gasteiger partial charge on any atom is 0.322 e. The van der Waals surface area contributed by atoms with Crippen LogP contribution in [0.4, 0.5) is 0 Å². The average molecular weight is 363 g/mol. The average Bonchev–Trinajstić information content (AvgIpc) is 2.54. The second kappa shape index (κ2) is 7.86. The fourth-order valence-corrected chi connectivity index (χ4v) is 5.50. The molecule has 1 aliphatic rings. The van der Waals surface area contributed by atoms with Gasteiger partial charge in [-0.05, 0) is 62.5 Å². The number of carbonyl (C=O) groups is 1. The largest absolute Gasteiger partial charge is 0.468 e. The Hall–Kier alpha value is -1.42. The number of esters is 1. The lowest BCUT2D eigenvalue weighted by Crippen LogP contribution is -2.44. The van der Waals surface area contributed by atoms with E-state index in [1.807, 2.05) is 38.1 Å². The Morgan fingerprint density at radius 2 is 1.92 bits per heavy atom. The molecule has 0 radical (unpaired) electrons. The van der Waals surface area contributed by atoms with Gasteiger partial charge in [-0.3, -0.25) is 9.00 Å². The topological polar surface area (TPSA) is 43.4 Å². The van der Waals surface area contributed by atoms with Crippen molar-refractivity contribution in [2.45, 2.75) is 57.1 Å². The zero-order valence-corrected chi connectivity index (χ0v) is 16.8. The van der Waals surface area contributed by atoms with Crippen LogP contribution in [0.3, 0.4) is 0 Å². The van der Waals surface area contributed by atoms with Crippen molar-refractivity contribution in [2.75, 3.05) is 7.11 Å². The molecule has 0 aromatic heterocycles. The van der Waals surface area contributed by atoms with Crippen LogP contribution in [0, 0.1) is 24.2 Å². The molecule has 0 amide bonds. The molecule has 2 rings (SSSR count). The number of hydrogen-bond donors (Lipinski definition) is 0. The molecular formula is C21H30O3S. The van der Waals surface area contributed by atoms with Crippen molar-refractivity contribution in [2.24, 2.45) is 17.3 Å². The van der Waals surface area contributed by atoms with Gasteiger partial charge < -0.3 is 4.74 Å². The maximum absolute atomic E-state index is 13.3. The SMILES string of the molecule is C=C(C)[C@@H]1CCC(C)(C)C[C@H]1[C@H](C(=O)OC)[S@@](=O)c1ccc(C)cc1. The van der Waals surface area contributed by atoms with Crippen LogP contribution >= 0.6 is 0 Å². The Labute approximate surface area is 154 Å². The van der Waals surface area contributed by atoms with Crippen LogP contribution in [-0.2, 0) is 20.3 Å². The molecule has 138 valence electrons. The zero-order chi connectivity index (χ0) is 18.8. The first kappa shape index (κ1) is 19.9. The Balaban J connectivity index is 2.43. The summed E-state index contributed by atoms with van der Waals surface area (Å²) >= 11 is 0. The van der Waals surface area contributed by atoms with Gasteiger partial charge in [-0.25, -0.2) is 0 Å². The molecule has 1 aromatic carbocycles. The summed E-state index contributed by atoms with van der Waals surface area (Å²) in [5.41, 5.74) is 2.30. The number of hydrogen-bond acceptors (Lipinski definition) is 3. The quantitative estimate of drug-likeness (QED) is 0.565. The molecule has 3 nitrogen and oxygen atoms in total. The van der Waals surface area contributed by atoms with E-state index in [0.717, 1.165) is 30.4 Å². The summed E-state index contributed by atoms with van der Waals surface area (Å²) in [5, 5.41) is -0.658. The number of allylic oxidation sites excluding steroid dienone is 1. The van der Waals surface area contributed by atoms with Crippen molar-refractivity contribution in [1.29, 1.82) is 0 Å². The number of carbonyl (C=O) groups excluding carboxylic acids is 1. The monoisotopic (exact) mass is 362 g/mol. The summed E-state index contributed by atoms with van der Waals surface area (Å²) in [7, 11) is -0.0627. The molecule has 0 aliphatic heterocycles. The lowest BCUT2D eigenvalue weighted by molar-refractivity contribution is -0.142. The second-order valence-electron chi connectivity index (χ2n) is 8.08. The van der Waals surface area contributed by atoms with Crippen LogP contribution in [0.2, 0.25) is 0 Å².